The van der Waals surface area contributed by atoms with E-state index < -0.39 is 20.6 Å². The predicted octanol–water partition coefficient (Wildman–Crippen LogP) is 3.09. The molecule has 0 radical (unpaired) electrons. The first-order valence-electron chi connectivity index (χ1n) is 4.89. The molecule has 0 saturated carbocycles. The van der Waals surface area contributed by atoms with E-state index in [-0.39, 0.29) is 24.1 Å². The third-order valence-corrected chi connectivity index (χ3v) is 5.28. The van der Waals surface area contributed by atoms with E-state index in [1.54, 1.807) is 0 Å². The maximum atomic E-state index is 12.3. The molecule has 0 unspecified atom stereocenters. The number of aromatic nitrogens is 2. The Morgan fingerprint density at radius 1 is 1.05 bits per heavy atom. The van der Waals surface area contributed by atoms with Gasteiger partial charge >= 0.3 is 5.56 Å². The minimum atomic E-state index is -4.30. The summed E-state index contributed by atoms with van der Waals surface area (Å²) in [7, 11) is -4.30. The second-order valence-corrected chi connectivity index (χ2v) is 6.90. The summed E-state index contributed by atoms with van der Waals surface area (Å²) in [5.74, 6) is 0. The van der Waals surface area contributed by atoms with Gasteiger partial charge in [0.1, 0.15) is 9.92 Å². The van der Waals surface area contributed by atoms with Gasteiger partial charge in [0.05, 0.1) is 16.2 Å². The van der Waals surface area contributed by atoms with Gasteiger partial charge in [0.2, 0.25) is 0 Å². The molecule has 0 spiro atoms. The van der Waals surface area contributed by atoms with Crippen LogP contribution < -0.4 is 5.56 Å². The van der Waals surface area contributed by atoms with Crippen molar-refractivity contribution in [3.8, 4) is 0 Å². The summed E-state index contributed by atoms with van der Waals surface area (Å²) in [6.45, 7) is 0. The Labute approximate surface area is 133 Å². The first kappa shape index (κ1) is 15.6. The van der Waals surface area contributed by atoms with E-state index in [2.05, 4.69) is 5.10 Å². The van der Waals surface area contributed by atoms with Crippen LogP contribution in [0.15, 0.2) is 34.1 Å². The lowest BCUT2D eigenvalue weighted by molar-refractivity contribution is 0.575. The quantitative estimate of drug-likeness (QED) is 0.810. The smallest absolute Gasteiger partial charge is 0.265 e. The van der Waals surface area contributed by atoms with E-state index in [0.29, 0.717) is 0 Å². The van der Waals surface area contributed by atoms with Gasteiger partial charge in [-0.05, 0) is 18.2 Å². The van der Waals surface area contributed by atoms with Gasteiger partial charge in [0.15, 0.2) is 0 Å². The van der Waals surface area contributed by atoms with Gasteiger partial charge < -0.3 is 0 Å². The number of benzene rings is 1. The highest BCUT2D eigenvalue weighted by Gasteiger charge is 2.24. The second-order valence-electron chi connectivity index (χ2n) is 3.53. The Bertz CT molecular complexity index is 848. The molecule has 2 aromatic rings. The number of hydrogen-bond acceptors (Lipinski definition) is 4. The minimum Gasteiger partial charge on any atom is -0.265 e. The number of rotatable bonds is 2. The van der Waals surface area contributed by atoms with Crippen LogP contribution in [-0.2, 0) is 10.0 Å². The van der Waals surface area contributed by atoms with E-state index >= 15 is 0 Å². The van der Waals surface area contributed by atoms with Crippen molar-refractivity contribution in [2.24, 2.45) is 0 Å². The summed E-state index contributed by atoms with van der Waals surface area (Å²) in [5.41, 5.74) is -1.06. The van der Waals surface area contributed by atoms with Crippen LogP contribution in [0.3, 0.4) is 0 Å². The average molecular weight is 374 g/mol. The molecule has 1 heterocycles. The second kappa shape index (κ2) is 5.54. The van der Waals surface area contributed by atoms with Gasteiger partial charge in [0, 0.05) is 5.02 Å². The summed E-state index contributed by atoms with van der Waals surface area (Å²) in [6, 6.07) is 3.72. The third kappa shape index (κ3) is 2.66. The standard InChI is InChI=1S/C10H4Cl4N2O3S/c11-5-1-2-8(6(12)3-5)20(18,19)16-10(17)9(14)7(13)4-15-16/h1-4H. The zero-order valence-corrected chi connectivity index (χ0v) is 13.2. The van der Waals surface area contributed by atoms with Crippen molar-refractivity contribution >= 4 is 56.4 Å². The van der Waals surface area contributed by atoms with Gasteiger partial charge in [0.25, 0.3) is 10.0 Å². The normalized spacial score (nSPS) is 11.6. The molecule has 0 aliphatic rings. The average Bonchev–Trinajstić information content (AvgIpc) is 2.35. The molecule has 0 bridgehead atoms. The van der Waals surface area contributed by atoms with Crippen molar-refractivity contribution in [3.63, 3.8) is 0 Å². The minimum absolute atomic E-state index is 0.141. The Hall–Kier alpha value is -0.790. The molecule has 0 saturated heterocycles. The SMILES string of the molecule is O=c1c(Cl)c(Cl)cnn1S(=O)(=O)c1ccc(Cl)cc1Cl. The monoisotopic (exact) mass is 372 g/mol. The van der Waals surface area contributed by atoms with Crippen LogP contribution in [0.1, 0.15) is 0 Å². The van der Waals surface area contributed by atoms with Crippen molar-refractivity contribution in [1.29, 1.82) is 0 Å². The zero-order chi connectivity index (χ0) is 15.1. The van der Waals surface area contributed by atoms with Gasteiger partial charge in [-0.15, -0.1) is 4.09 Å². The van der Waals surface area contributed by atoms with Crippen molar-refractivity contribution in [2.75, 3.05) is 0 Å². The predicted molar refractivity (Wildman–Crippen MR) is 77.6 cm³/mol. The molecule has 106 valence electrons. The largest absolute Gasteiger partial charge is 0.301 e. The molecule has 10 heteroatoms. The molecule has 0 fully saturated rings. The molecule has 0 amide bonds. The fraction of sp³-hybridized carbons (Fsp3) is 0. The fourth-order valence-electron chi connectivity index (χ4n) is 1.35. The molecule has 0 aliphatic carbocycles. The summed E-state index contributed by atoms with van der Waals surface area (Å²) in [4.78, 5) is 11.5. The Morgan fingerprint density at radius 3 is 2.30 bits per heavy atom. The Balaban J connectivity index is 2.74. The van der Waals surface area contributed by atoms with Crippen LogP contribution >= 0.6 is 46.4 Å². The molecule has 0 atom stereocenters. The van der Waals surface area contributed by atoms with Crippen molar-refractivity contribution in [3.05, 3.63) is 54.8 Å². The molecule has 2 rings (SSSR count). The summed E-state index contributed by atoms with van der Waals surface area (Å²) < 4.78 is 24.9. The number of halogens is 4. The highest BCUT2D eigenvalue weighted by atomic mass is 35.5. The van der Waals surface area contributed by atoms with Crippen LogP contribution in [0.25, 0.3) is 0 Å². The number of nitrogens with zero attached hydrogens (tertiary/aromatic N) is 2. The fourth-order valence-corrected chi connectivity index (χ4v) is 3.56. The van der Waals surface area contributed by atoms with Crippen LogP contribution in [0.4, 0.5) is 0 Å². The summed E-state index contributed by atoms with van der Waals surface area (Å²) in [6.07, 6.45) is 0.951. The molecular formula is C10H4Cl4N2O3S. The Morgan fingerprint density at radius 2 is 1.70 bits per heavy atom. The van der Waals surface area contributed by atoms with Crippen molar-refractivity contribution < 1.29 is 8.42 Å². The molecule has 0 aliphatic heterocycles. The lowest BCUT2D eigenvalue weighted by atomic mass is 10.4. The first-order valence-corrected chi connectivity index (χ1v) is 7.84. The van der Waals surface area contributed by atoms with Gasteiger partial charge in [-0.1, -0.05) is 46.4 Å². The topological polar surface area (TPSA) is 69.0 Å². The van der Waals surface area contributed by atoms with E-state index in [1.165, 1.54) is 12.1 Å². The summed E-state index contributed by atoms with van der Waals surface area (Å²) in [5, 5.41) is 2.97. The lowest BCUT2D eigenvalue weighted by Crippen LogP contribution is -2.30. The third-order valence-electron chi connectivity index (χ3n) is 2.25. The maximum absolute atomic E-state index is 12.3. The lowest BCUT2D eigenvalue weighted by Gasteiger charge is -2.08. The highest BCUT2D eigenvalue weighted by molar-refractivity contribution is 7.90. The van der Waals surface area contributed by atoms with Crippen molar-refractivity contribution in [1.82, 2.24) is 9.19 Å². The molecule has 20 heavy (non-hydrogen) atoms. The van der Waals surface area contributed by atoms with Gasteiger partial charge in [-0.3, -0.25) is 4.79 Å². The molecule has 0 N–H and O–H groups in total. The van der Waals surface area contributed by atoms with Crippen LogP contribution in [0.2, 0.25) is 20.1 Å². The Kier molecular flexibility index (Phi) is 4.32. The zero-order valence-electron chi connectivity index (χ0n) is 9.35. The van der Waals surface area contributed by atoms with Crippen LogP contribution in [0.5, 0.6) is 0 Å². The van der Waals surface area contributed by atoms with Crippen molar-refractivity contribution in [2.45, 2.75) is 4.90 Å². The van der Waals surface area contributed by atoms with Gasteiger partial charge in [-0.2, -0.15) is 13.5 Å². The van der Waals surface area contributed by atoms with E-state index in [1.807, 2.05) is 0 Å². The maximum Gasteiger partial charge on any atom is 0.301 e. The number of hydrogen-bond donors (Lipinski definition) is 0. The molecule has 1 aromatic heterocycles. The molecule has 5 nitrogen and oxygen atoms in total. The van der Waals surface area contributed by atoms with Crippen LogP contribution in [-0.4, -0.2) is 17.6 Å². The summed E-state index contributed by atoms with van der Waals surface area (Å²) >= 11 is 22.7. The molecule has 1 aromatic carbocycles. The molecular weight excluding hydrogens is 370 g/mol. The first-order chi connectivity index (χ1) is 9.25. The highest BCUT2D eigenvalue weighted by Crippen LogP contribution is 2.26. The van der Waals surface area contributed by atoms with E-state index in [9.17, 15) is 13.2 Å². The van der Waals surface area contributed by atoms with Gasteiger partial charge in [-0.25, -0.2) is 0 Å². The van der Waals surface area contributed by atoms with Crippen LogP contribution in [0, 0.1) is 0 Å². The van der Waals surface area contributed by atoms with E-state index in [0.717, 1.165) is 12.3 Å². The van der Waals surface area contributed by atoms with E-state index in [4.69, 9.17) is 46.4 Å².